The first-order valence-electron chi connectivity index (χ1n) is 6.37. The third-order valence-corrected chi connectivity index (χ3v) is 3.30. The van der Waals surface area contributed by atoms with Gasteiger partial charge in [0.2, 0.25) is 0 Å². The number of ketones is 1. The molecule has 0 aliphatic heterocycles. The number of carbonyl (C=O) groups is 1. The zero-order valence-corrected chi connectivity index (χ0v) is 12.5. The van der Waals surface area contributed by atoms with Crippen LogP contribution in [0, 0.1) is 0 Å². The highest BCUT2D eigenvalue weighted by Crippen LogP contribution is 2.27. The first kappa shape index (κ1) is 15.1. The lowest BCUT2D eigenvalue weighted by Crippen LogP contribution is -2.00. The molecule has 0 bridgehead atoms. The quantitative estimate of drug-likeness (QED) is 0.675. The number of allylic oxidation sites excluding steroid dienone is 1. The van der Waals surface area contributed by atoms with Crippen LogP contribution in [-0.2, 0) is 0 Å². The molecule has 108 valence electrons. The van der Waals surface area contributed by atoms with Crippen molar-refractivity contribution in [1.29, 1.82) is 0 Å². The maximum atomic E-state index is 12.3. The average molecular weight is 303 g/mol. The Bertz CT molecular complexity index is 688. The molecule has 0 saturated carbocycles. The number of ether oxygens (including phenoxy) is 1. The fourth-order valence-electron chi connectivity index (χ4n) is 1.93. The van der Waals surface area contributed by atoms with Gasteiger partial charge in [-0.25, -0.2) is 0 Å². The third kappa shape index (κ3) is 3.64. The van der Waals surface area contributed by atoms with Crippen molar-refractivity contribution in [2.45, 2.75) is 6.92 Å². The Labute approximate surface area is 128 Å². The van der Waals surface area contributed by atoms with Gasteiger partial charge in [-0.3, -0.25) is 4.79 Å². The van der Waals surface area contributed by atoms with Gasteiger partial charge in [-0.2, -0.15) is 0 Å². The molecule has 0 amide bonds. The Morgan fingerprint density at radius 3 is 2.48 bits per heavy atom. The van der Waals surface area contributed by atoms with Gasteiger partial charge in [0.25, 0.3) is 0 Å². The summed E-state index contributed by atoms with van der Waals surface area (Å²) in [6, 6.07) is 11.7. The van der Waals surface area contributed by atoms with Gasteiger partial charge in [0.05, 0.1) is 7.11 Å². The Morgan fingerprint density at radius 1 is 1.19 bits per heavy atom. The number of phenols is 1. The number of Topliss-reactive ketones (excluding diaryl/α,β-unsaturated/α-hetero) is 1. The van der Waals surface area contributed by atoms with Crippen molar-refractivity contribution in [3.63, 3.8) is 0 Å². The molecule has 0 radical (unpaired) electrons. The molecule has 0 heterocycles. The number of hydrogen-bond donors (Lipinski definition) is 1. The molecule has 0 saturated heterocycles. The molecule has 1 N–H and O–H groups in total. The van der Waals surface area contributed by atoms with Crippen LogP contribution in [-0.4, -0.2) is 18.0 Å². The van der Waals surface area contributed by atoms with Gasteiger partial charge in [-0.15, -0.1) is 0 Å². The summed E-state index contributed by atoms with van der Waals surface area (Å²) < 4.78 is 5.05. The molecule has 0 unspecified atom stereocenters. The van der Waals surface area contributed by atoms with Gasteiger partial charge in [-0.05, 0) is 60.5 Å². The zero-order chi connectivity index (χ0) is 15.4. The van der Waals surface area contributed by atoms with E-state index in [2.05, 4.69) is 0 Å². The van der Waals surface area contributed by atoms with E-state index in [9.17, 15) is 9.90 Å². The van der Waals surface area contributed by atoms with Crippen LogP contribution in [0.1, 0.15) is 22.8 Å². The number of rotatable bonds is 4. The van der Waals surface area contributed by atoms with E-state index in [1.807, 2.05) is 0 Å². The smallest absolute Gasteiger partial charge is 0.188 e. The molecular weight excluding hydrogens is 288 g/mol. The Hall–Kier alpha value is -2.26. The maximum absolute atomic E-state index is 12.3. The van der Waals surface area contributed by atoms with E-state index in [0.717, 1.165) is 5.56 Å². The highest BCUT2D eigenvalue weighted by Gasteiger charge is 2.09. The van der Waals surface area contributed by atoms with Crippen LogP contribution in [0.3, 0.4) is 0 Å². The number of hydrogen-bond acceptors (Lipinski definition) is 3. The monoisotopic (exact) mass is 302 g/mol. The maximum Gasteiger partial charge on any atom is 0.188 e. The molecule has 21 heavy (non-hydrogen) atoms. The number of phenolic OH excluding ortho intramolecular Hbond substituents is 1. The fraction of sp³-hybridized carbons (Fsp3) is 0.118. The summed E-state index contributed by atoms with van der Waals surface area (Å²) in [5.74, 6) is 0.366. The number of benzene rings is 2. The van der Waals surface area contributed by atoms with E-state index in [-0.39, 0.29) is 11.5 Å². The standard InChI is InChI=1S/C17H15ClO3/c1-11(17(20)13-4-6-14(18)7-5-13)9-12-3-8-15(19)16(10-12)21-2/h3-10,19H,1-2H3/b11-9+. The minimum absolute atomic E-state index is 0.0660. The Balaban J connectivity index is 2.28. The first-order valence-corrected chi connectivity index (χ1v) is 6.74. The first-order chi connectivity index (χ1) is 10.0. The lowest BCUT2D eigenvalue weighted by molar-refractivity contribution is 0.103. The highest BCUT2D eigenvalue weighted by atomic mass is 35.5. The zero-order valence-electron chi connectivity index (χ0n) is 11.8. The molecule has 0 atom stereocenters. The van der Waals surface area contributed by atoms with Gasteiger partial charge in [0.1, 0.15) is 0 Å². The van der Waals surface area contributed by atoms with Gasteiger partial charge >= 0.3 is 0 Å². The highest BCUT2D eigenvalue weighted by molar-refractivity contribution is 6.30. The van der Waals surface area contributed by atoms with Crippen molar-refractivity contribution in [2.75, 3.05) is 7.11 Å². The molecule has 0 aliphatic carbocycles. The topological polar surface area (TPSA) is 46.5 Å². The predicted molar refractivity (Wildman–Crippen MR) is 84.1 cm³/mol. The van der Waals surface area contributed by atoms with Crippen LogP contribution < -0.4 is 4.74 Å². The molecule has 2 rings (SSSR count). The van der Waals surface area contributed by atoms with Crippen molar-refractivity contribution in [2.24, 2.45) is 0 Å². The second-order valence-electron chi connectivity index (χ2n) is 4.59. The van der Waals surface area contributed by atoms with E-state index in [1.54, 1.807) is 49.4 Å². The lowest BCUT2D eigenvalue weighted by Gasteiger charge is -2.05. The summed E-state index contributed by atoms with van der Waals surface area (Å²) in [5, 5.41) is 10.2. The van der Waals surface area contributed by atoms with Crippen LogP contribution in [0.5, 0.6) is 11.5 Å². The second kappa shape index (κ2) is 6.46. The number of carbonyl (C=O) groups excluding carboxylic acids is 1. The van der Waals surface area contributed by atoms with Crippen molar-refractivity contribution in [3.05, 3.63) is 64.2 Å². The summed E-state index contributed by atoms with van der Waals surface area (Å²) in [5.41, 5.74) is 1.95. The van der Waals surface area contributed by atoms with Crippen LogP contribution in [0.15, 0.2) is 48.0 Å². The van der Waals surface area contributed by atoms with Gasteiger partial charge in [0.15, 0.2) is 17.3 Å². The Kier molecular flexibility index (Phi) is 4.66. The Morgan fingerprint density at radius 2 is 1.86 bits per heavy atom. The summed E-state index contributed by atoms with van der Waals surface area (Å²) in [7, 11) is 1.48. The largest absolute Gasteiger partial charge is 0.504 e. The normalized spacial score (nSPS) is 11.3. The molecule has 0 aliphatic rings. The van der Waals surface area contributed by atoms with Crippen LogP contribution in [0.2, 0.25) is 5.02 Å². The van der Waals surface area contributed by atoms with Crippen LogP contribution in [0.4, 0.5) is 0 Å². The van der Waals surface area contributed by atoms with E-state index in [4.69, 9.17) is 16.3 Å². The van der Waals surface area contributed by atoms with Crippen molar-refractivity contribution in [3.8, 4) is 11.5 Å². The van der Waals surface area contributed by atoms with Gasteiger partial charge < -0.3 is 9.84 Å². The second-order valence-corrected chi connectivity index (χ2v) is 5.03. The average Bonchev–Trinajstić information content (AvgIpc) is 2.49. The molecule has 2 aromatic carbocycles. The van der Waals surface area contributed by atoms with E-state index in [1.165, 1.54) is 13.2 Å². The lowest BCUT2D eigenvalue weighted by atomic mass is 10.0. The molecule has 0 spiro atoms. The summed E-state index contributed by atoms with van der Waals surface area (Å²) in [6.45, 7) is 1.75. The summed E-state index contributed by atoms with van der Waals surface area (Å²) >= 11 is 5.81. The van der Waals surface area contributed by atoms with Crippen molar-refractivity contribution >= 4 is 23.5 Å². The fourth-order valence-corrected chi connectivity index (χ4v) is 2.05. The number of halogens is 1. The third-order valence-electron chi connectivity index (χ3n) is 3.05. The van der Waals surface area contributed by atoms with Gasteiger partial charge in [-0.1, -0.05) is 17.7 Å². The van der Waals surface area contributed by atoms with Crippen molar-refractivity contribution in [1.82, 2.24) is 0 Å². The van der Waals surface area contributed by atoms with E-state index >= 15 is 0 Å². The molecular formula is C17H15ClO3. The number of aromatic hydroxyl groups is 1. The predicted octanol–water partition coefficient (Wildman–Crippen LogP) is 4.34. The van der Waals surface area contributed by atoms with Crippen molar-refractivity contribution < 1.29 is 14.6 Å². The van der Waals surface area contributed by atoms with Crippen LogP contribution in [0.25, 0.3) is 6.08 Å². The van der Waals surface area contributed by atoms with E-state index in [0.29, 0.717) is 21.9 Å². The SMILES string of the molecule is COc1cc(/C=C(\C)C(=O)c2ccc(Cl)cc2)ccc1O. The number of methoxy groups -OCH3 is 1. The summed E-state index contributed by atoms with van der Waals surface area (Å²) in [4.78, 5) is 12.3. The minimum atomic E-state index is -0.0706. The summed E-state index contributed by atoms with van der Waals surface area (Å²) in [6.07, 6.45) is 1.75. The van der Waals surface area contributed by atoms with Crippen LogP contribution >= 0.6 is 11.6 Å². The van der Waals surface area contributed by atoms with E-state index < -0.39 is 0 Å². The minimum Gasteiger partial charge on any atom is -0.504 e. The molecule has 3 nitrogen and oxygen atoms in total. The molecule has 4 heteroatoms. The molecule has 2 aromatic rings. The molecule has 0 aromatic heterocycles. The molecule has 0 fully saturated rings. The van der Waals surface area contributed by atoms with Gasteiger partial charge in [0, 0.05) is 10.6 Å².